The molecule has 9 heteroatoms. The number of hydrogen-bond donors (Lipinski definition) is 3. The fourth-order valence-electron chi connectivity index (χ4n) is 1.69. The molecule has 0 unspecified atom stereocenters. The number of nitrogens with one attached hydrogen (secondary N) is 2. The van der Waals surface area contributed by atoms with Crippen LogP contribution in [0, 0.1) is 10.1 Å². The molecule has 0 fully saturated rings. The van der Waals surface area contributed by atoms with E-state index in [4.69, 9.17) is 9.84 Å². The maximum absolute atomic E-state index is 11.0. The lowest BCUT2D eigenvalue weighted by Crippen LogP contribution is -2.35. The van der Waals surface area contributed by atoms with Crippen LogP contribution in [-0.2, 0) is 0 Å². The summed E-state index contributed by atoms with van der Waals surface area (Å²) in [5.74, 6) is 0.0609. The molecule has 0 aliphatic carbocycles. The van der Waals surface area contributed by atoms with Gasteiger partial charge in [-0.1, -0.05) is 0 Å². The zero-order valence-electron chi connectivity index (χ0n) is 10.5. The number of aromatic amines is 1. The van der Waals surface area contributed by atoms with Crippen molar-refractivity contribution in [1.82, 2.24) is 15.5 Å². The van der Waals surface area contributed by atoms with E-state index in [1.807, 2.05) is 0 Å². The SMILES string of the molecule is C[C@H](COc1cc2[nH]ncc2cc1[N+](=O)[O-])NC(=O)O. The molecule has 2 aromatic rings. The first kappa shape index (κ1) is 13.6. The van der Waals surface area contributed by atoms with E-state index in [2.05, 4.69) is 15.5 Å². The molecule has 0 aliphatic rings. The van der Waals surface area contributed by atoms with Gasteiger partial charge in [-0.05, 0) is 6.92 Å². The Balaban J connectivity index is 2.21. The van der Waals surface area contributed by atoms with Crippen molar-refractivity contribution in [2.45, 2.75) is 13.0 Å². The molecule has 0 radical (unpaired) electrons. The van der Waals surface area contributed by atoms with Gasteiger partial charge in [0.05, 0.1) is 22.7 Å². The second-order valence-corrected chi connectivity index (χ2v) is 4.20. The van der Waals surface area contributed by atoms with Gasteiger partial charge < -0.3 is 15.2 Å². The molecule has 106 valence electrons. The van der Waals surface area contributed by atoms with Crippen molar-refractivity contribution in [3.63, 3.8) is 0 Å². The third-order valence-electron chi connectivity index (χ3n) is 2.58. The van der Waals surface area contributed by atoms with Gasteiger partial charge in [0.15, 0.2) is 5.75 Å². The van der Waals surface area contributed by atoms with Gasteiger partial charge in [-0.3, -0.25) is 15.2 Å². The highest BCUT2D eigenvalue weighted by Crippen LogP contribution is 2.31. The molecule has 1 aromatic carbocycles. The molecule has 2 rings (SSSR count). The molecule has 3 N–H and O–H groups in total. The van der Waals surface area contributed by atoms with E-state index < -0.39 is 17.1 Å². The molecule has 1 aromatic heterocycles. The second-order valence-electron chi connectivity index (χ2n) is 4.20. The average molecular weight is 280 g/mol. The van der Waals surface area contributed by atoms with Crippen LogP contribution < -0.4 is 10.1 Å². The molecular formula is C11H12N4O5. The molecular weight excluding hydrogens is 268 g/mol. The quantitative estimate of drug-likeness (QED) is 0.562. The Morgan fingerprint density at radius 3 is 3.05 bits per heavy atom. The van der Waals surface area contributed by atoms with Gasteiger partial charge >= 0.3 is 11.8 Å². The Bertz CT molecular complexity index is 653. The van der Waals surface area contributed by atoms with Crippen molar-refractivity contribution in [3.05, 3.63) is 28.4 Å². The summed E-state index contributed by atoms with van der Waals surface area (Å²) >= 11 is 0. The molecule has 0 bridgehead atoms. The summed E-state index contributed by atoms with van der Waals surface area (Å²) in [6, 6.07) is 2.32. The van der Waals surface area contributed by atoms with Gasteiger partial charge in [-0.2, -0.15) is 5.10 Å². The molecule has 0 saturated carbocycles. The minimum atomic E-state index is -1.18. The number of nitro groups is 1. The van der Waals surface area contributed by atoms with Gasteiger partial charge in [-0.25, -0.2) is 4.79 Å². The first-order valence-corrected chi connectivity index (χ1v) is 5.71. The number of ether oxygens (including phenoxy) is 1. The zero-order valence-corrected chi connectivity index (χ0v) is 10.5. The fourth-order valence-corrected chi connectivity index (χ4v) is 1.69. The zero-order chi connectivity index (χ0) is 14.7. The normalized spacial score (nSPS) is 12.1. The highest BCUT2D eigenvalue weighted by atomic mass is 16.6. The van der Waals surface area contributed by atoms with E-state index in [1.54, 1.807) is 6.92 Å². The van der Waals surface area contributed by atoms with E-state index in [0.29, 0.717) is 10.9 Å². The van der Waals surface area contributed by atoms with Gasteiger partial charge in [0.25, 0.3) is 0 Å². The smallest absolute Gasteiger partial charge is 0.404 e. The Hall–Kier alpha value is -2.84. The minimum Gasteiger partial charge on any atom is -0.485 e. The predicted molar refractivity (Wildman–Crippen MR) is 68.9 cm³/mol. The lowest BCUT2D eigenvalue weighted by Gasteiger charge is -2.13. The first-order chi connectivity index (χ1) is 9.47. The van der Waals surface area contributed by atoms with Gasteiger partial charge in [-0.15, -0.1) is 0 Å². The van der Waals surface area contributed by atoms with Crippen molar-refractivity contribution in [2.75, 3.05) is 6.61 Å². The molecule has 1 heterocycles. The van der Waals surface area contributed by atoms with Crippen molar-refractivity contribution in [3.8, 4) is 5.75 Å². The topological polar surface area (TPSA) is 130 Å². The van der Waals surface area contributed by atoms with Crippen molar-refractivity contribution in [1.29, 1.82) is 0 Å². The first-order valence-electron chi connectivity index (χ1n) is 5.71. The standard InChI is InChI=1S/C11H12N4O5/c1-6(13-11(16)17)5-20-10-3-8-7(4-12-14-8)2-9(10)15(18)19/h2-4,6,13H,5H2,1H3,(H,12,14)(H,16,17)/t6-/m1/s1. The minimum absolute atomic E-state index is 0.0210. The van der Waals surface area contributed by atoms with Crippen molar-refractivity contribution >= 4 is 22.7 Å². The van der Waals surface area contributed by atoms with E-state index >= 15 is 0 Å². The lowest BCUT2D eigenvalue weighted by atomic mass is 10.2. The van der Waals surface area contributed by atoms with E-state index in [1.165, 1.54) is 18.3 Å². The lowest BCUT2D eigenvalue weighted by molar-refractivity contribution is -0.385. The fraction of sp³-hybridized carbons (Fsp3) is 0.273. The van der Waals surface area contributed by atoms with Crippen LogP contribution in [0.25, 0.3) is 10.9 Å². The summed E-state index contributed by atoms with van der Waals surface area (Å²) in [6.07, 6.45) is 0.292. The predicted octanol–water partition coefficient (Wildman–Crippen LogP) is 1.51. The van der Waals surface area contributed by atoms with Crippen molar-refractivity contribution in [2.24, 2.45) is 0 Å². The summed E-state index contributed by atoms with van der Waals surface area (Å²) in [5.41, 5.74) is 0.408. The number of carbonyl (C=O) groups is 1. The maximum atomic E-state index is 11.0. The number of nitrogens with zero attached hydrogens (tertiary/aromatic N) is 2. The van der Waals surface area contributed by atoms with Crippen LogP contribution in [0.5, 0.6) is 5.75 Å². The number of amides is 1. The van der Waals surface area contributed by atoms with Gasteiger partial charge in [0.2, 0.25) is 0 Å². The van der Waals surface area contributed by atoms with Crippen LogP contribution in [0.4, 0.5) is 10.5 Å². The number of hydrogen-bond acceptors (Lipinski definition) is 5. The Labute approximate surface area is 112 Å². The van der Waals surface area contributed by atoms with Gasteiger partial charge in [0, 0.05) is 17.5 Å². The van der Waals surface area contributed by atoms with Crippen LogP contribution in [-0.4, -0.2) is 39.0 Å². The second kappa shape index (κ2) is 5.43. The van der Waals surface area contributed by atoms with E-state index in [-0.39, 0.29) is 18.0 Å². The van der Waals surface area contributed by atoms with Crippen LogP contribution >= 0.6 is 0 Å². The van der Waals surface area contributed by atoms with Crippen LogP contribution in [0.15, 0.2) is 18.3 Å². The number of fused-ring (bicyclic) bond motifs is 1. The highest BCUT2D eigenvalue weighted by molar-refractivity contribution is 5.83. The van der Waals surface area contributed by atoms with Crippen LogP contribution in [0.1, 0.15) is 6.92 Å². The summed E-state index contributed by atoms with van der Waals surface area (Å²) < 4.78 is 5.32. The molecule has 20 heavy (non-hydrogen) atoms. The number of aromatic nitrogens is 2. The summed E-state index contributed by atoms with van der Waals surface area (Å²) in [7, 11) is 0. The maximum Gasteiger partial charge on any atom is 0.404 e. The summed E-state index contributed by atoms with van der Waals surface area (Å²) in [6.45, 7) is 1.57. The van der Waals surface area contributed by atoms with Gasteiger partial charge in [0.1, 0.15) is 6.61 Å². The van der Waals surface area contributed by atoms with Crippen LogP contribution in [0.3, 0.4) is 0 Å². The monoisotopic (exact) mass is 280 g/mol. The summed E-state index contributed by atoms with van der Waals surface area (Å²) in [4.78, 5) is 20.9. The number of benzene rings is 1. The summed E-state index contributed by atoms with van der Waals surface area (Å²) in [5, 5.41) is 28.8. The van der Waals surface area contributed by atoms with E-state index in [9.17, 15) is 14.9 Å². The van der Waals surface area contributed by atoms with Crippen LogP contribution in [0.2, 0.25) is 0 Å². The highest BCUT2D eigenvalue weighted by Gasteiger charge is 2.18. The largest absolute Gasteiger partial charge is 0.485 e. The Kier molecular flexibility index (Phi) is 3.69. The molecule has 0 spiro atoms. The Morgan fingerprint density at radius 2 is 2.40 bits per heavy atom. The molecule has 0 saturated heterocycles. The third-order valence-corrected chi connectivity index (χ3v) is 2.58. The third kappa shape index (κ3) is 2.94. The number of nitro benzene ring substituents is 1. The molecule has 0 aliphatic heterocycles. The number of H-pyrrole nitrogens is 1. The Morgan fingerprint density at radius 1 is 1.65 bits per heavy atom. The molecule has 1 atom stereocenters. The van der Waals surface area contributed by atoms with E-state index in [0.717, 1.165) is 0 Å². The average Bonchev–Trinajstić information content (AvgIpc) is 2.81. The number of rotatable bonds is 5. The molecule has 9 nitrogen and oxygen atoms in total. The number of carboxylic acid groups (broad SMARTS) is 1. The molecule has 1 amide bonds. The van der Waals surface area contributed by atoms with Crippen molar-refractivity contribution < 1.29 is 19.6 Å².